The van der Waals surface area contributed by atoms with Gasteiger partial charge in [-0.2, -0.15) is 0 Å². The van der Waals surface area contributed by atoms with Gasteiger partial charge in [0.25, 0.3) is 0 Å². The molecule has 6 aromatic rings. The van der Waals surface area contributed by atoms with Gasteiger partial charge in [-0.15, -0.1) is 0 Å². The molecule has 5 aliphatic rings. The van der Waals surface area contributed by atoms with Crippen molar-refractivity contribution in [2.75, 3.05) is 0 Å². The van der Waals surface area contributed by atoms with Crippen LogP contribution in [-0.2, 0) is 11.8 Å². The molecule has 1 aliphatic heterocycles. The Balaban J connectivity index is 1.21. The summed E-state index contributed by atoms with van der Waals surface area (Å²) in [7, 11) is 0. The summed E-state index contributed by atoms with van der Waals surface area (Å²) in [6.07, 6.45) is 11.8. The topological polar surface area (TPSA) is 0 Å². The van der Waals surface area contributed by atoms with E-state index in [0.29, 0.717) is 0 Å². The molecule has 1 heteroatoms. The zero-order valence-corrected chi connectivity index (χ0v) is 26.3. The average Bonchev–Trinajstić information content (AvgIpc) is 3.59. The van der Waals surface area contributed by atoms with Crippen molar-refractivity contribution in [3.8, 4) is 33.4 Å². The summed E-state index contributed by atoms with van der Waals surface area (Å²) in [4.78, 5) is 2.81. The Hall–Kier alpha value is -4.85. The molecule has 1 unspecified atom stereocenters. The lowest BCUT2D eigenvalue weighted by Crippen LogP contribution is -2.27. The Morgan fingerprint density at radius 3 is 2.43 bits per heavy atom. The molecule has 0 amide bonds. The van der Waals surface area contributed by atoms with Gasteiger partial charge >= 0.3 is 0 Å². The molecule has 11 rings (SSSR count). The predicted molar refractivity (Wildman–Crippen MR) is 194 cm³/mol. The minimum atomic E-state index is -0.343. The number of hydrogen-bond donors (Lipinski definition) is 0. The fraction of sp³-hybridized carbons (Fsp3) is 0.111. The molecule has 1 heterocycles. The monoisotopic (exact) mass is 602 g/mol. The first-order chi connectivity index (χ1) is 22.8. The van der Waals surface area contributed by atoms with Crippen LogP contribution in [0.1, 0.15) is 52.6 Å². The third-order valence-corrected chi connectivity index (χ3v) is 12.4. The lowest BCUT2D eigenvalue weighted by atomic mass is 9.67. The van der Waals surface area contributed by atoms with Gasteiger partial charge in [0.15, 0.2) is 0 Å². The van der Waals surface area contributed by atoms with Crippen molar-refractivity contribution in [2.45, 2.75) is 36.0 Å². The van der Waals surface area contributed by atoms with Gasteiger partial charge in [-0.05, 0) is 120 Å². The van der Waals surface area contributed by atoms with Crippen LogP contribution in [0.2, 0.25) is 0 Å². The number of thioether (sulfide) groups is 1. The number of allylic oxidation sites excluding steroid dienone is 5. The van der Waals surface area contributed by atoms with E-state index in [-0.39, 0.29) is 5.41 Å². The zero-order valence-electron chi connectivity index (χ0n) is 25.4. The average molecular weight is 603 g/mol. The molecule has 4 aliphatic carbocycles. The van der Waals surface area contributed by atoms with Crippen LogP contribution in [-0.4, -0.2) is 0 Å². The fourth-order valence-corrected chi connectivity index (χ4v) is 10.7. The molecule has 6 aromatic carbocycles. The molecule has 216 valence electrons. The van der Waals surface area contributed by atoms with E-state index >= 15 is 0 Å². The van der Waals surface area contributed by atoms with Gasteiger partial charge in [0.2, 0.25) is 0 Å². The maximum Gasteiger partial charge on any atom is 0.0728 e. The molecular weight excluding hydrogens is 573 g/mol. The quantitative estimate of drug-likeness (QED) is 0.180. The maximum atomic E-state index is 2.49. The number of benzene rings is 6. The van der Waals surface area contributed by atoms with Crippen LogP contribution in [0.5, 0.6) is 0 Å². The Bertz CT molecular complexity index is 2450. The van der Waals surface area contributed by atoms with E-state index in [0.717, 1.165) is 25.7 Å². The molecule has 0 aromatic heterocycles. The molecule has 0 N–H and O–H groups in total. The van der Waals surface area contributed by atoms with Crippen molar-refractivity contribution in [1.82, 2.24) is 0 Å². The van der Waals surface area contributed by atoms with Crippen LogP contribution >= 0.6 is 11.8 Å². The number of hydrogen-bond acceptors (Lipinski definition) is 1. The smallest absolute Gasteiger partial charge is 0.0728 e. The highest BCUT2D eigenvalue weighted by atomic mass is 32.2. The van der Waals surface area contributed by atoms with Crippen LogP contribution in [0.4, 0.5) is 0 Å². The van der Waals surface area contributed by atoms with Gasteiger partial charge in [0, 0.05) is 9.80 Å². The molecule has 1 spiro atoms. The second-order valence-corrected chi connectivity index (χ2v) is 14.4. The van der Waals surface area contributed by atoms with Crippen molar-refractivity contribution in [1.29, 1.82) is 0 Å². The van der Waals surface area contributed by atoms with Crippen LogP contribution in [0.3, 0.4) is 0 Å². The standard InChI is InChI=1S/C45H30S/c1-2-13-30-27(10-1)23-25-39-43(30)36-15-4-6-20-38(36)45(39)37-19-5-3-14-32(37)35-18-9-16-31(44(35)45)29-22-24-33-34-17-7-11-28-12-8-21-40(42(28)34)46-41(33)26-29/h1-2,4-7,9-11,13,15-26H,3,8,12,14H2. The molecule has 46 heavy (non-hydrogen) atoms. The minimum absolute atomic E-state index is 0.343. The summed E-state index contributed by atoms with van der Waals surface area (Å²) in [5.41, 5.74) is 19.6. The Labute approximate surface area is 273 Å². The van der Waals surface area contributed by atoms with Gasteiger partial charge in [-0.25, -0.2) is 0 Å². The molecule has 0 radical (unpaired) electrons. The molecular formula is C45H30S. The predicted octanol–water partition coefficient (Wildman–Crippen LogP) is 12.0. The fourth-order valence-electron chi connectivity index (χ4n) is 9.48. The summed E-state index contributed by atoms with van der Waals surface area (Å²) in [6, 6.07) is 44.3. The van der Waals surface area contributed by atoms with Gasteiger partial charge in [-0.3, -0.25) is 0 Å². The SMILES string of the molecule is C1=CC2=C(CC1)c1cccc(-c3ccc4c(c3)SC3=CCCc5cccc-4c53)c1C21c2ccccc2-c2c1ccc1ccccc21. The summed E-state index contributed by atoms with van der Waals surface area (Å²) in [6.45, 7) is 0. The Morgan fingerprint density at radius 1 is 0.587 bits per heavy atom. The van der Waals surface area contributed by atoms with E-state index < -0.39 is 0 Å². The molecule has 1 atom stereocenters. The largest absolute Gasteiger partial charge is 0.0891 e. The van der Waals surface area contributed by atoms with Crippen LogP contribution in [0.15, 0.2) is 144 Å². The highest BCUT2D eigenvalue weighted by Crippen LogP contribution is 2.66. The third-order valence-electron chi connectivity index (χ3n) is 11.2. The van der Waals surface area contributed by atoms with Crippen molar-refractivity contribution in [3.63, 3.8) is 0 Å². The van der Waals surface area contributed by atoms with Crippen LogP contribution in [0.25, 0.3) is 54.6 Å². The Kier molecular flexibility index (Phi) is 5.03. The summed E-state index contributed by atoms with van der Waals surface area (Å²) < 4.78 is 0. The van der Waals surface area contributed by atoms with E-state index in [4.69, 9.17) is 0 Å². The second-order valence-electron chi connectivity index (χ2n) is 13.3. The highest BCUT2D eigenvalue weighted by Gasteiger charge is 2.53. The van der Waals surface area contributed by atoms with E-state index in [9.17, 15) is 0 Å². The van der Waals surface area contributed by atoms with Gasteiger partial charge in [-0.1, -0.05) is 139 Å². The summed E-state index contributed by atoms with van der Waals surface area (Å²) in [5, 5.41) is 2.65. The van der Waals surface area contributed by atoms with Crippen LogP contribution < -0.4 is 0 Å². The van der Waals surface area contributed by atoms with Crippen molar-refractivity contribution in [2.24, 2.45) is 0 Å². The second kappa shape index (κ2) is 9.12. The van der Waals surface area contributed by atoms with E-state index in [1.54, 1.807) is 0 Å². The first kappa shape index (κ1) is 25.4. The highest BCUT2D eigenvalue weighted by molar-refractivity contribution is 8.08. The van der Waals surface area contributed by atoms with E-state index in [2.05, 4.69) is 133 Å². The number of rotatable bonds is 1. The minimum Gasteiger partial charge on any atom is -0.0891 e. The molecule has 0 saturated carbocycles. The van der Waals surface area contributed by atoms with Gasteiger partial charge < -0.3 is 0 Å². The van der Waals surface area contributed by atoms with Gasteiger partial charge in [0.05, 0.1) is 5.41 Å². The van der Waals surface area contributed by atoms with Crippen LogP contribution in [0, 0.1) is 0 Å². The third kappa shape index (κ3) is 3.07. The van der Waals surface area contributed by atoms with E-state index in [1.807, 2.05) is 11.8 Å². The lowest BCUT2D eigenvalue weighted by molar-refractivity contribution is 0.783. The lowest BCUT2D eigenvalue weighted by Gasteiger charge is -2.34. The Morgan fingerprint density at radius 2 is 1.43 bits per heavy atom. The first-order valence-corrected chi connectivity index (χ1v) is 17.5. The summed E-state index contributed by atoms with van der Waals surface area (Å²) >= 11 is 1.97. The molecule has 0 nitrogen and oxygen atoms in total. The van der Waals surface area contributed by atoms with Crippen molar-refractivity contribution >= 4 is 33.0 Å². The van der Waals surface area contributed by atoms with Crippen molar-refractivity contribution in [3.05, 3.63) is 172 Å². The maximum absolute atomic E-state index is 2.49. The first-order valence-electron chi connectivity index (χ1n) is 16.6. The number of fused-ring (bicyclic) bond motifs is 13. The van der Waals surface area contributed by atoms with E-state index in [1.165, 1.54) is 98.5 Å². The molecule has 0 fully saturated rings. The van der Waals surface area contributed by atoms with Crippen molar-refractivity contribution < 1.29 is 0 Å². The normalized spacial score (nSPS) is 19.3. The summed E-state index contributed by atoms with van der Waals surface area (Å²) in [5.74, 6) is 0. The molecule has 0 saturated heterocycles. The number of aryl methyl sites for hydroxylation is 1. The zero-order chi connectivity index (χ0) is 30.0. The van der Waals surface area contributed by atoms with Gasteiger partial charge in [0.1, 0.15) is 0 Å². The molecule has 0 bridgehead atoms.